The lowest BCUT2D eigenvalue weighted by Gasteiger charge is -2.15. The van der Waals surface area contributed by atoms with Crippen LogP contribution in [-0.2, 0) is 20.9 Å². The van der Waals surface area contributed by atoms with E-state index in [1.165, 1.54) is 0 Å². The van der Waals surface area contributed by atoms with E-state index in [1.807, 2.05) is 6.07 Å². The highest BCUT2D eigenvalue weighted by Gasteiger charge is 2.25. The van der Waals surface area contributed by atoms with E-state index >= 15 is 0 Å². The van der Waals surface area contributed by atoms with Crippen LogP contribution in [0.2, 0.25) is 0 Å². The quantitative estimate of drug-likeness (QED) is 0.823. The molecule has 0 aliphatic carbocycles. The summed E-state index contributed by atoms with van der Waals surface area (Å²) in [5.41, 5.74) is 1.16. The summed E-state index contributed by atoms with van der Waals surface area (Å²) in [7, 11) is -4.22. The molecule has 0 saturated heterocycles. The SMILES string of the molecule is NS(=O)(=O)OC(Cc1ccccc1)C(=O)c1ccccc1. The molecule has 110 valence electrons. The summed E-state index contributed by atoms with van der Waals surface area (Å²) in [6, 6.07) is 17.4. The maximum Gasteiger partial charge on any atom is 0.333 e. The van der Waals surface area contributed by atoms with Crippen LogP contribution in [0.25, 0.3) is 0 Å². The predicted molar refractivity (Wildman–Crippen MR) is 78.9 cm³/mol. The van der Waals surface area contributed by atoms with Crippen LogP contribution in [0.15, 0.2) is 60.7 Å². The van der Waals surface area contributed by atoms with E-state index in [2.05, 4.69) is 0 Å². The Morgan fingerprint density at radius 2 is 1.52 bits per heavy atom. The Labute approximate surface area is 123 Å². The highest BCUT2D eigenvalue weighted by molar-refractivity contribution is 7.84. The Morgan fingerprint density at radius 3 is 2.05 bits per heavy atom. The first-order valence-corrected chi connectivity index (χ1v) is 7.77. The molecule has 2 rings (SSSR count). The van der Waals surface area contributed by atoms with Gasteiger partial charge in [-0.25, -0.2) is 9.32 Å². The van der Waals surface area contributed by atoms with Gasteiger partial charge in [0.25, 0.3) is 0 Å². The molecular weight excluding hydrogens is 290 g/mol. The van der Waals surface area contributed by atoms with Crippen LogP contribution >= 0.6 is 0 Å². The molecule has 0 heterocycles. The van der Waals surface area contributed by atoms with Crippen LogP contribution in [0.5, 0.6) is 0 Å². The highest BCUT2D eigenvalue weighted by Crippen LogP contribution is 2.13. The van der Waals surface area contributed by atoms with Crippen LogP contribution in [-0.4, -0.2) is 20.3 Å². The van der Waals surface area contributed by atoms with Crippen molar-refractivity contribution in [1.82, 2.24) is 0 Å². The van der Waals surface area contributed by atoms with Crippen molar-refractivity contribution in [2.24, 2.45) is 5.14 Å². The maximum atomic E-state index is 12.4. The molecule has 0 aliphatic heterocycles. The predicted octanol–water partition coefficient (Wildman–Crippen LogP) is 1.70. The molecule has 2 aromatic carbocycles. The Hall–Kier alpha value is -2.02. The summed E-state index contributed by atoms with van der Waals surface area (Å²) in [4.78, 5) is 12.4. The second kappa shape index (κ2) is 6.62. The number of carbonyl (C=O) groups is 1. The van der Waals surface area contributed by atoms with Gasteiger partial charge in [-0.15, -0.1) is 0 Å². The van der Waals surface area contributed by atoms with Crippen molar-refractivity contribution in [3.63, 3.8) is 0 Å². The number of rotatable bonds is 6. The Balaban J connectivity index is 2.26. The van der Waals surface area contributed by atoms with Crippen molar-refractivity contribution in [2.45, 2.75) is 12.5 Å². The van der Waals surface area contributed by atoms with Crippen LogP contribution in [0.4, 0.5) is 0 Å². The van der Waals surface area contributed by atoms with Crippen LogP contribution in [0.1, 0.15) is 15.9 Å². The fourth-order valence-corrected chi connectivity index (χ4v) is 2.43. The highest BCUT2D eigenvalue weighted by atomic mass is 32.2. The van der Waals surface area contributed by atoms with Gasteiger partial charge in [-0.3, -0.25) is 4.79 Å². The van der Waals surface area contributed by atoms with Gasteiger partial charge >= 0.3 is 10.3 Å². The molecule has 0 saturated carbocycles. The summed E-state index contributed by atoms with van der Waals surface area (Å²) < 4.78 is 27.1. The number of carbonyl (C=O) groups excluding carboxylic acids is 1. The molecule has 1 unspecified atom stereocenters. The summed E-state index contributed by atoms with van der Waals surface area (Å²) in [6.45, 7) is 0. The van der Waals surface area contributed by atoms with E-state index in [-0.39, 0.29) is 6.42 Å². The van der Waals surface area contributed by atoms with Gasteiger partial charge in [0.1, 0.15) is 6.10 Å². The standard InChI is InChI=1S/C15H15NO4S/c16-21(18,19)20-14(11-12-7-3-1-4-8-12)15(17)13-9-5-2-6-10-13/h1-10,14H,11H2,(H2,16,18,19). The molecule has 0 aromatic heterocycles. The van der Waals surface area contributed by atoms with E-state index in [0.29, 0.717) is 5.56 Å². The molecular formula is C15H15NO4S. The zero-order valence-electron chi connectivity index (χ0n) is 11.2. The van der Waals surface area contributed by atoms with Gasteiger partial charge in [-0.2, -0.15) is 8.42 Å². The third kappa shape index (κ3) is 4.78. The van der Waals surface area contributed by atoms with Gasteiger partial charge in [-0.1, -0.05) is 60.7 Å². The molecule has 2 N–H and O–H groups in total. The Morgan fingerprint density at radius 1 is 1.00 bits per heavy atom. The topological polar surface area (TPSA) is 86.5 Å². The molecule has 2 aromatic rings. The van der Waals surface area contributed by atoms with E-state index in [9.17, 15) is 13.2 Å². The van der Waals surface area contributed by atoms with Gasteiger partial charge in [0, 0.05) is 12.0 Å². The van der Waals surface area contributed by atoms with Crippen molar-refractivity contribution in [2.75, 3.05) is 0 Å². The van der Waals surface area contributed by atoms with Crippen LogP contribution in [0.3, 0.4) is 0 Å². The molecule has 0 fully saturated rings. The first-order chi connectivity index (χ1) is 9.96. The fourth-order valence-electron chi connectivity index (χ4n) is 1.95. The molecule has 1 atom stereocenters. The molecule has 0 bridgehead atoms. The van der Waals surface area contributed by atoms with Crippen molar-refractivity contribution >= 4 is 16.1 Å². The van der Waals surface area contributed by atoms with Gasteiger partial charge in [0.05, 0.1) is 0 Å². The summed E-state index contributed by atoms with van der Waals surface area (Å²) in [6.07, 6.45) is -1.05. The van der Waals surface area contributed by atoms with E-state index < -0.39 is 22.2 Å². The fraction of sp³-hybridized carbons (Fsp3) is 0.133. The van der Waals surface area contributed by atoms with Crippen molar-refractivity contribution in [1.29, 1.82) is 0 Å². The smallest absolute Gasteiger partial charge is 0.291 e. The third-order valence-electron chi connectivity index (χ3n) is 2.86. The summed E-state index contributed by atoms with van der Waals surface area (Å²) in [5, 5.41) is 4.90. The average molecular weight is 305 g/mol. The lowest BCUT2D eigenvalue weighted by atomic mass is 10.0. The second-order valence-electron chi connectivity index (χ2n) is 4.50. The first kappa shape index (κ1) is 15.4. The number of nitrogens with two attached hydrogens (primary N) is 1. The zero-order valence-corrected chi connectivity index (χ0v) is 12.0. The van der Waals surface area contributed by atoms with Gasteiger partial charge in [0.15, 0.2) is 5.78 Å². The number of hydrogen-bond acceptors (Lipinski definition) is 4. The second-order valence-corrected chi connectivity index (χ2v) is 5.68. The normalized spacial score (nSPS) is 12.8. The number of hydrogen-bond donors (Lipinski definition) is 1. The molecule has 0 spiro atoms. The minimum absolute atomic E-state index is 0.130. The molecule has 0 amide bonds. The third-order valence-corrected chi connectivity index (χ3v) is 3.37. The molecule has 6 heteroatoms. The summed E-state index contributed by atoms with van der Waals surface area (Å²) >= 11 is 0. The molecule has 5 nitrogen and oxygen atoms in total. The number of ketones is 1. The van der Waals surface area contributed by atoms with E-state index in [0.717, 1.165) is 5.56 Å². The average Bonchev–Trinajstić information content (AvgIpc) is 2.46. The van der Waals surface area contributed by atoms with Crippen molar-refractivity contribution < 1.29 is 17.4 Å². The van der Waals surface area contributed by atoms with E-state index in [1.54, 1.807) is 54.6 Å². The largest absolute Gasteiger partial charge is 0.333 e. The van der Waals surface area contributed by atoms with Crippen molar-refractivity contribution in [3.05, 3.63) is 71.8 Å². The van der Waals surface area contributed by atoms with Gasteiger partial charge in [0.2, 0.25) is 0 Å². The van der Waals surface area contributed by atoms with Gasteiger partial charge in [-0.05, 0) is 5.56 Å². The van der Waals surface area contributed by atoms with Crippen molar-refractivity contribution in [3.8, 4) is 0 Å². The summed E-state index contributed by atoms with van der Waals surface area (Å²) in [5.74, 6) is -0.423. The molecule has 0 radical (unpaired) electrons. The number of benzene rings is 2. The number of Topliss-reactive ketones (excluding diaryl/α,β-unsaturated/α-hetero) is 1. The first-order valence-electron chi connectivity index (χ1n) is 6.30. The van der Waals surface area contributed by atoms with Gasteiger partial charge < -0.3 is 0 Å². The lowest BCUT2D eigenvalue weighted by Crippen LogP contribution is -2.32. The monoisotopic (exact) mass is 305 g/mol. The molecule has 21 heavy (non-hydrogen) atoms. The Bertz CT molecular complexity index is 699. The minimum Gasteiger partial charge on any atom is -0.291 e. The molecule has 0 aliphatic rings. The van der Waals surface area contributed by atoms with Crippen LogP contribution in [0, 0.1) is 0 Å². The minimum atomic E-state index is -4.22. The Kier molecular flexibility index (Phi) is 4.85. The van der Waals surface area contributed by atoms with Crippen LogP contribution < -0.4 is 5.14 Å². The zero-order chi connectivity index (χ0) is 15.3. The maximum absolute atomic E-state index is 12.4. The van der Waals surface area contributed by atoms with E-state index in [4.69, 9.17) is 9.32 Å². The lowest BCUT2D eigenvalue weighted by molar-refractivity contribution is 0.0801.